The molecule has 116 valence electrons. The van der Waals surface area contributed by atoms with Gasteiger partial charge in [-0.25, -0.2) is 9.59 Å². The average Bonchev–Trinajstić information content (AvgIpc) is 2.43. The van der Waals surface area contributed by atoms with Crippen molar-refractivity contribution in [1.82, 2.24) is 10.2 Å². The van der Waals surface area contributed by atoms with E-state index in [2.05, 4.69) is 11.9 Å². The van der Waals surface area contributed by atoms with E-state index in [4.69, 9.17) is 14.2 Å². The first-order chi connectivity index (χ1) is 9.52. The van der Waals surface area contributed by atoms with E-state index in [1.54, 1.807) is 26.0 Å². The molecule has 0 aromatic carbocycles. The van der Waals surface area contributed by atoms with Crippen LogP contribution in [0.3, 0.4) is 0 Å². The minimum Gasteiger partial charge on any atom is -0.460 e. The molecule has 0 aliphatic carbocycles. The molecule has 0 atom stereocenters. The Morgan fingerprint density at radius 2 is 1.65 bits per heavy atom. The van der Waals surface area contributed by atoms with Gasteiger partial charge in [0.05, 0.1) is 19.8 Å². The molecule has 20 heavy (non-hydrogen) atoms. The minimum absolute atomic E-state index is 0.111. The standard InChI is InChI=1S/C13H24N2O5/c1-11(2)12(16)20-8-5-14-13(17)15(6-9-18-3)7-10-19-4/h1,5-10H2,2-4H3,(H,14,17). The van der Waals surface area contributed by atoms with Crippen LogP contribution in [0, 0.1) is 0 Å². The molecule has 0 rings (SSSR count). The Morgan fingerprint density at radius 1 is 1.10 bits per heavy atom. The van der Waals surface area contributed by atoms with E-state index >= 15 is 0 Å². The summed E-state index contributed by atoms with van der Waals surface area (Å²) in [5, 5.41) is 2.66. The number of esters is 1. The number of nitrogens with one attached hydrogen (secondary N) is 1. The number of carbonyl (C=O) groups is 2. The lowest BCUT2D eigenvalue weighted by Crippen LogP contribution is -2.44. The topological polar surface area (TPSA) is 77.1 Å². The van der Waals surface area contributed by atoms with E-state index in [1.807, 2.05) is 0 Å². The van der Waals surface area contributed by atoms with Crippen molar-refractivity contribution in [2.45, 2.75) is 6.92 Å². The molecule has 1 N–H and O–H groups in total. The third kappa shape index (κ3) is 8.49. The molecule has 0 aromatic rings. The van der Waals surface area contributed by atoms with Gasteiger partial charge in [0.1, 0.15) is 6.61 Å². The Bertz CT molecular complexity index is 312. The van der Waals surface area contributed by atoms with Crippen molar-refractivity contribution in [3.05, 3.63) is 12.2 Å². The van der Waals surface area contributed by atoms with Crippen LogP contribution in [0.15, 0.2) is 12.2 Å². The van der Waals surface area contributed by atoms with Crippen LogP contribution in [0.1, 0.15) is 6.92 Å². The molecule has 0 spiro atoms. The molecular formula is C13H24N2O5. The number of methoxy groups -OCH3 is 2. The number of urea groups is 1. The van der Waals surface area contributed by atoms with Crippen LogP contribution in [-0.4, -0.2) is 70.6 Å². The first-order valence-corrected chi connectivity index (χ1v) is 6.36. The van der Waals surface area contributed by atoms with Crippen LogP contribution in [0.4, 0.5) is 4.79 Å². The molecule has 0 aliphatic rings. The highest BCUT2D eigenvalue weighted by Crippen LogP contribution is 1.93. The van der Waals surface area contributed by atoms with Crippen LogP contribution < -0.4 is 5.32 Å². The van der Waals surface area contributed by atoms with E-state index in [0.29, 0.717) is 31.9 Å². The molecule has 0 bridgehead atoms. The fraction of sp³-hybridized carbons (Fsp3) is 0.692. The van der Waals surface area contributed by atoms with Gasteiger partial charge in [-0.1, -0.05) is 6.58 Å². The zero-order chi connectivity index (χ0) is 15.4. The van der Waals surface area contributed by atoms with Gasteiger partial charge in [-0.2, -0.15) is 0 Å². The average molecular weight is 288 g/mol. The summed E-state index contributed by atoms with van der Waals surface area (Å²) in [6, 6.07) is -0.245. The normalized spacial score (nSPS) is 9.95. The second-order valence-corrected chi connectivity index (χ2v) is 4.12. The first-order valence-electron chi connectivity index (χ1n) is 6.36. The fourth-order valence-electron chi connectivity index (χ4n) is 1.25. The third-order valence-electron chi connectivity index (χ3n) is 2.38. The minimum atomic E-state index is -0.463. The van der Waals surface area contributed by atoms with Crippen LogP contribution in [0.5, 0.6) is 0 Å². The number of nitrogens with zero attached hydrogens (tertiary/aromatic N) is 1. The number of hydrogen-bond donors (Lipinski definition) is 1. The molecule has 0 saturated heterocycles. The highest BCUT2D eigenvalue weighted by Gasteiger charge is 2.12. The quantitative estimate of drug-likeness (QED) is 0.358. The summed E-state index contributed by atoms with van der Waals surface area (Å²) >= 11 is 0. The van der Waals surface area contributed by atoms with Crippen LogP contribution in [0.2, 0.25) is 0 Å². The molecule has 0 fully saturated rings. The second-order valence-electron chi connectivity index (χ2n) is 4.12. The highest BCUT2D eigenvalue weighted by atomic mass is 16.5. The highest BCUT2D eigenvalue weighted by molar-refractivity contribution is 5.86. The largest absolute Gasteiger partial charge is 0.460 e. The zero-order valence-electron chi connectivity index (χ0n) is 12.4. The summed E-state index contributed by atoms with van der Waals surface area (Å²) < 4.78 is 14.8. The molecule has 7 heteroatoms. The Kier molecular flexibility index (Phi) is 10.3. The monoisotopic (exact) mass is 288 g/mol. The van der Waals surface area contributed by atoms with Gasteiger partial charge < -0.3 is 24.4 Å². The van der Waals surface area contributed by atoms with E-state index in [9.17, 15) is 9.59 Å². The molecule has 7 nitrogen and oxygen atoms in total. The molecule has 0 aliphatic heterocycles. The summed E-state index contributed by atoms with van der Waals surface area (Å²) in [4.78, 5) is 24.6. The van der Waals surface area contributed by atoms with Crippen molar-refractivity contribution >= 4 is 12.0 Å². The summed E-state index contributed by atoms with van der Waals surface area (Å²) in [5.41, 5.74) is 0.332. The summed E-state index contributed by atoms with van der Waals surface area (Å²) in [5.74, 6) is -0.463. The van der Waals surface area contributed by atoms with E-state index in [1.165, 1.54) is 0 Å². The van der Waals surface area contributed by atoms with Gasteiger partial charge >= 0.3 is 12.0 Å². The van der Waals surface area contributed by atoms with Crippen LogP contribution in [0.25, 0.3) is 0 Å². The maximum absolute atomic E-state index is 11.9. The summed E-state index contributed by atoms with van der Waals surface area (Å²) in [7, 11) is 3.15. The maximum Gasteiger partial charge on any atom is 0.333 e. The van der Waals surface area contributed by atoms with E-state index < -0.39 is 5.97 Å². The van der Waals surface area contributed by atoms with Gasteiger partial charge in [0.2, 0.25) is 0 Å². The number of hydrogen-bond acceptors (Lipinski definition) is 5. The number of ether oxygens (including phenoxy) is 3. The Morgan fingerprint density at radius 3 is 2.10 bits per heavy atom. The zero-order valence-corrected chi connectivity index (χ0v) is 12.4. The first kappa shape index (κ1) is 18.4. The smallest absolute Gasteiger partial charge is 0.333 e. The predicted molar refractivity (Wildman–Crippen MR) is 74.5 cm³/mol. The predicted octanol–water partition coefficient (Wildman–Crippen LogP) is 0.410. The van der Waals surface area contributed by atoms with Gasteiger partial charge in [-0.3, -0.25) is 0 Å². The molecule has 0 heterocycles. The van der Waals surface area contributed by atoms with Crippen molar-refractivity contribution in [3.8, 4) is 0 Å². The molecular weight excluding hydrogens is 264 g/mol. The summed E-state index contributed by atoms with van der Waals surface area (Å²) in [6.45, 7) is 7.22. The number of amides is 2. The van der Waals surface area contributed by atoms with Crippen LogP contribution in [-0.2, 0) is 19.0 Å². The maximum atomic E-state index is 11.9. The van der Waals surface area contributed by atoms with Crippen molar-refractivity contribution in [2.75, 3.05) is 53.7 Å². The molecule has 0 radical (unpaired) electrons. The lowest BCUT2D eigenvalue weighted by molar-refractivity contribution is -0.138. The fourth-order valence-corrected chi connectivity index (χ4v) is 1.25. The SMILES string of the molecule is C=C(C)C(=O)OCCNC(=O)N(CCOC)CCOC. The molecule has 0 aromatic heterocycles. The lowest BCUT2D eigenvalue weighted by atomic mass is 10.4. The Labute approximate surface area is 119 Å². The van der Waals surface area contributed by atoms with Gasteiger partial charge in [-0.05, 0) is 6.92 Å². The van der Waals surface area contributed by atoms with Crippen molar-refractivity contribution in [1.29, 1.82) is 0 Å². The molecule has 2 amide bonds. The third-order valence-corrected chi connectivity index (χ3v) is 2.38. The molecule has 0 unspecified atom stereocenters. The molecule has 0 saturated carbocycles. The van der Waals surface area contributed by atoms with Crippen molar-refractivity contribution in [2.24, 2.45) is 0 Å². The Hall–Kier alpha value is -1.60. The van der Waals surface area contributed by atoms with Crippen LogP contribution >= 0.6 is 0 Å². The Balaban J connectivity index is 3.98. The van der Waals surface area contributed by atoms with E-state index in [-0.39, 0.29) is 19.2 Å². The number of rotatable bonds is 10. The van der Waals surface area contributed by atoms with Gasteiger partial charge in [0.25, 0.3) is 0 Å². The van der Waals surface area contributed by atoms with Gasteiger partial charge in [0, 0.05) is 32.9 Å². The second kappa shape index (κ2) is 11.2. The van der Waals surface area contributed by atoms with Gasteiger partial charge in [0.15, 0.2) is 0 Å². The van der Waals surface area contributed by atoms with E-state index in [0.717, 1.165) is 0 Å². The van der Waals surface area contributed by atoms with Crippen molar-refractivity contribution in [3.63, 3.8) is 0 Å². The number of carbonyl (C=O) groups excluding carboxylic acids is 2. The van der Waals surface area contributed by atoms with Gasteiger partial charge in [-0.15, -0.1) is 0 Å². The lowest BCUT2D eigenvalue weighted by Gasteiger charge is -2.22. The van der Waals surface area contributed by atoms with Crippen molar-refractivity contribution < 1.29 is 23.8 Å². The summed E-state index contributed by atoms with van der Waals surface area (Å²) in [6.07, 6.45) is 0.